The van der Waals surface area contributed by atoms with E-state index in [0.29, 0.717) is 47.1 Å². The molecule has 0 bridgehead atoms. The van der Waals surface area contributed by atoms with Crippen LogP contribution in [0.3, 0.4) is 0 Å². The molecule has 0 unspecified atom stereocenters. The fourth-order valence-corrected chi connectivity index (χ4v) is 4.36. The van der Waals surface area contributed by atoms with Gasteiger partial charge in [-0.25, -0.2) is 0 Å². The van der Waals surface area contributed by atoms with Crippen LogP contribution in [0.4, 0.5) is 0 Å². The van der Waals surface area contributed by atoms with Crippen molar-refractivity contribution in [1.82, 2.24) is 4.90 Å². The van der Waals surface area contributed by atoms with Crippen molar-refractivity contribution in [3.63, 3.8) is 0 Å². The number of benzene rings is 3. The molecule has 0 saturated heterocycles. The van der Waals surface area contributed by atoms with E-state index in [0.717, 1.165) is 27.5 Å². The average molecular weight is 452 g/mol. The van der Waals surface area contributed by atoms with Crippen LogP contribution in [-0.4, -0.2) is 11.6 Å². The van der Waals surface area contributed by atoms with Crippen LogP contribution in [0.25, 0.3) is 22.1 Å². The second-order valence-electron chi connectivity index (χ2n) is 7.64. The standard InChI is InChI=1S/C25H19Cl2NO3/c1-15-23(16-6-8-18(26)9-7-16)24(29)19-10-11-22-20(25(19)31-15)13-28(14-30-22)12-17-4-2-3-5-21(17)27/h2-11H,12-14H2,1H3. The molecule has 1 aliphatic rings. The van der Waals surface area contributed by atoms with Gasteiger partial charge in [-0.05, 0) is 48.4 Å². The minimum atomic E-state index is -0.0629. The summed E-state index contributed by atoms with van der Waals surface area (Å²) in [6.07, 6.45) is 0. The zero-order chi connectivity index (χ0) is 21.5. The lowest BCUT2D eigenvalue weighted by Gasteiger charge is -2.29. The minimum absolute atomic E-state index is 0.0629. The monoisotopic (exact) mass is 451 g/mol. The molecule has 0 radical (unpaired) electrons. The number of hydrogen-bond donors (Lipinski definition) is 0. The van der Waals surface area contributed by atoms with Gasteiger partial charge in [0.1, 0.15) is 23.8 Å². The van der Waals surface area contributed by atoms with E-state index in [4.69, 9.17) is 32.4 Å². The van der Waals surface area contributed by atoms with Gasteiger partial charge in [-0.2, -0.15) is 0 Å². The minimum Gasteiger partial charge on any atom is -0.478 e. The maximum absolute atomic E-state index is 13.4. The zero-order valence-corrected chi connectivity index (χ0v) is 18.3. The topological polar surface area (TPSA) is 42.7 Å². The first-order valence-corrected chi connectivity index (χ1v) is 10.7. The lowest BCUT2D eigenvalue weighted by Crippen LogP contribution is -2.32. The van der Waals surface area contributed by atoms with Crippen molar-refractivity contribution in [2.75, 3.05) is 6.73 Å². The SMILES string of the molecule is Cc1oc2c3c(ccc2c(=O)c1-c1ccc(Cl)cc1)OCN(Cc1ccccc1Cl)C3. The molecule has 5 rings (SSSR count). The number of nitrogens with zero attached hydrogens (tertiary/aromatic N) is 1. The smallest absolute Gasteiger partial charge is 0.200 e. The maximum atomic E-state index is 13.4. The van der Waals surface area contributed by atoms with E-state index in [-0.39, 0.29) is 5.43 Å². The van der Waals surface area contributed by atoms with E-state index in [1.807, 2.05) is 49.4 Å². The summed E-state index contributed by atoms with van der Waals surface area (Å²) in [5.41, 5.74) is 3.74. The molecule has 0 N–H and O–H groups in total. The molecule has 0 saturated carbocycles. The van der Waals surface area contributed by atoms with E-state index in [2.05, 4.69) is 4.90 Å². The summed E-state index contributed by atoms with van der Waals surface area (Å²) in [5.74, 6) is 1.31. The Bertz CT molecular complexity index is 1350. The second kappa shape index (κ2) is 8.04. The van der Waals surface area contributed by atoms with Crippen molar-refractivity contribution in [1.29, 1.82) is 0 Å². The Labute approximate surface area is 189 Å². The molecule has 0 amide bonds. The van der Waals surface area contributed by atoms with Crippen molar-refractivity contribution in [3.8, 4) is 16.9 Å². The van der Waals surface area contributed by atoms with Gasteiger partial charge < -0.3 is 9.15 Å². The summed E-state index contributed by atoms with van der Waals surface area (Å²) in [5, 5.41) is 1.88. The van der Waals surface area contributed by atoms with Crippen LogP contribution < -0.4 is 10.2 Å². The molecule has 156 valence electrons. The van der Waals surface area contributed by atoms with Gasteiger partial charge in [0.15, 0.2) is 0 Å². The van der Waals surface area contributed by atoms with Gasteiger partial charge in [0.25, 0.3) is 0 Å². The van der Waals surface area contributed by atoms with Crippen LogP contribution in [0.15, 0.2) is 69.9 Å². The number of rotatable bonds is 3. The van der Waals surface area contributed by atoms with Gasteiger partial charge in [0, 0.05) is 23.1 Å². The van der Waals surface area contributed by atoms with E-state index in [9.17, 15) is 4.79 Å². The molecule has 4 nitrogen and oxygen atoms in total. The van der Waals surface area contributed by atoms with Gasteiger partial charge in [-0.3, -0.25) is 9.69 Å². The highest BCUT2D eigenvalue weighted by Gasteiger charge is 2.24. The van der Waals surface area contributed by atoms with Crippen molar-refractivity contribution in [2.24, 2.45) is 0 Å². The van der Waals surface area contributed by atoms with E-state index in [1.54, 1.807) is 18.2 Å². The van der Waals surface area contributed by atoms with Gasteiger partial charge >= 0.3 is 0 Å². The largest absolute Gasteiger partial charge is 0.478 e. The third kappa shape index (κ3) is 3.72. The zero-order valence-electron chi connectivity index (χ0n) is 16.8. The van der Waals surface area contributed by atoms with Crippen molar-refractivity contribution >= 4 is 34.2 Å². The lowest BCUT2D eigenvalue weighted by atomic mass is 10.0. The maximum Gasteiger partial charge on any atom is 0.200 e. The molecule has 1 aromatic heterocycles. The normalized spacial score (nSPS) is 13.8. The first-order valence-electron chi connectivity index (χ1n) is 9.95. The van der Waals surface area contributed by atoms with Gasteiger partial charge in [-0.15, -0.1) is 0 Å². The molecule has 4 aromatic rings. The molecular formula is C25H19Cl2NO3. The van der Waals surface area contributed by atoms with Crippen molar-refractivity contribution < 1.29 is 9.15 Å². The Kier molecular flexibility index (Phi) is 5.22. The predicted octanol–water partition coefficient (Wildman–Crippen LogP) is 6.43. The summed E-state index contributed by atoms with van der Waals surface area (Å²) in [7, 11) is 0. The quantitative estimate of drug-likeness (QED) is 0.360. The molecule has 31 heavy (non-hydrogen) atoms. The van der Waals surface area contributed by atoms with Gasteiger partial charge in [0.05, 0.1) is 16.5 Å². The number of halogens is 2. The fraction of sp³-hybridized carbons (Fsp3) is 0.160. The Morgan fingerprint density at radius 1 is 1.00 bits per heavy atom. The first-order chi connectivity index (χ1) is 15.0. The number of hydrogen-bond acceptors (Lipinski definition) is 4. The molecule has 0 aliphatic carbocycles. The highest BCUT2D eigenvalue weighted by atomic mass is 35.5. The average Bonchev–Trinajstić information content (AvgIpc) is 2.76. The third-order valence-corrected chi connectivity index (χ3v) is 6.19. The van der Waals surface area contributed by atoms with Crippen LogP contribution >= 0.6 is 23.2 Å². The molecule has 3 aromatic carbocycles. The summed E-state index contributed by atoms with van der Waals surface area (Å²) < 4.78 is 12.2. The summed E-state index contributed by atoms with van der Waals surface area (Å²) >= 11 is 12.3. The molecule has 0 atom stereocenters. The van der Waals surface area contributed by atoms with Gasteiger partial charge in [0.2, 0.25) is 5.43 Å². The fourth-order valence-electron chi connectivity index (χ4n) is 4.04. The van der Waals surface area contributed by atoms with E-state index < -0.39 is 0 Å². The van der Waals surface area contributed by atoms with Crippen molar-refractivity contribution in [3.05, 3.63) is 97.8 Å². The van der Waals surface area contributed by atoms with E-state index in [1.165, 1.54) is 0 Å². The van der Waals surface area contributed by atoms with Crippen LogP contribution in [0.1, 0.15) is 16.9 Å². The first kappa shape index (κ1) is 20.1. The summed E-state index contributed by atoms with van der Waals surface area (Å²) in [4.78, 5) is 15.5. The number of ether oxygens (including phenoxy) is 1. The Hall–Kier alpha value is -2.79. The lowest BCUT2D eigenvalue weighted by molar-refractivity contribution is 0.0890. The predicted molar refractivity (Wildman–Crippen MR) is 124 cm³/mol. The van der Waals surface area contributed by atoms with Gasteiger partial charge in [-0.1, -0.05) is 53.5 Å². The van der Waals surface area contributed by atoms with E-state index >= 15 is 0 Å². The Morgan fingerprint density at radius 3 is 2.55 bits per heavy atom. The highest BCUT2D eigenvalue weighted by Crippen LogP contribution is 2.34. The number of fused-ring (bicyclic) bond motifs is 3. The van der Waals surface area contributed by atoms with Crippen LogP contribution in [0.5, 0.6) is 5.75 Å². The van der Waals surface area contributed by atoms with Crippen LogP contribution in [-0.2, 0) is 13.1 Å². The summed E-state index contributed by atoms with van der Waals surface area (Å²) in [6, 6.07) is 18.6. The molecule has 1 aliphatic heterocycles. The second-order valence-corrected chi connectivity index (χ2v) is 8.48. The number of aryl methyl sites for hydroxylation is 1. The third-order valence-electron chi connectivity index (χ3n) is 5.57. The van der Waals surface area contributed by atoms with Crippen molar-refractivity contribution in [2.45, 2.75) is 20.0 Å². The summed E-state index contributed by atoms with van der Waals surface area (Å²) in [6.45, 7) is 3.49. The van der Waals surface area contributed by atoms with Crippen LogP contribution in [0, 0.1) is 6.92 Å². The Morgan fingerprint density at radius 2 is 1.77 bits per heavy atom. The molecule has 0 fully saturated rings. The van der Waals surface area contributed by atoms with Crippen LogP contribution in [0.2, 0.25) is 10.0 Å². The molecule has 2 heterocycles. The molecule has 0 spiro atoms. The highest BCUT2D eigenvalue weighted by molar-refractivity contribution is 6.31. The molecule has 6 heteroatoms. The molecular weight excluding hydrogens is 433 g/mol. The Balaban J connectivity index is 1.57.